The minimum Gasteiger partial charge on any atom is -0.497 e. The molecule has 22 heavy (non-hydrogen) atoms. The Morgan fingerprint density at radius 1 is 1.05 bits per heavy atom. The van der Waals surface area contributed by atoms with E-state index >= 15 is 0 Å². The zero-order valence-corrected chi connectivity index (χ0v) is 12.4. The molecule has 4 aromatic rings. The van der Waals surface area contributed by atoms with Crippen LogP contribution >= 0.6 is 0 Å². The molecular weight excluding hydrogens is 274 g/mol. The fourth-order valence-corrected chi connectivity index (χ4v) is 2.85. The van der Waals surface area contributed by atoms with E-state index in [0.717, 1.165) is 39.3 Å². The smallest absolute Gasteiger partial charge is 0.148 e. The number of ether oxygens (including phenoxy) is 1. The summed E-state index contributed by atoms with van der Waals surface area (Å²) in [4.78, 5) is 8.98. The van der Waals surface area contributed by atoms with Crippen LogP contribution in [-0.2, 0) is 0 Å². The number of nitrogens with zero attached hydrogens (tertiary/aromatic N) is 3. The van der Waals surface area contributed by atoms with E-state index in [-0.39, 0.29) is 0 Å². The fourth-order valence-electron chi connectivity index (χ4n) is 2.85. The lowest BCUT2D eigenvalue weighted by molar-refractivity contribution is 0.415. The van der Waals surface area contributed by atoms with E-state index in [4.69, 9.17) is 4.74 Å². The summed E-state index contributed by atoms with van der Waals surface area (Å²) >= 11 is 0. The number of hydrogen-bond acceptors (Lipinski definition) is 3. The number of benzene rings is 1. The van der Waals surface area contributed by atoms with Gasteiger partial charge in [0.1, 0.15) is 17.2 Å². The Morgan fingerprint density at radius 3 is 2.64 bits per heavy atom. The van der Waals surface area contributed by atoms with Gasteiger partial charge >= 0.3 is 0 Å². The van der Waals surface area contributed by atoms with Crippen molar-refractivity contribution in [1.29, 1.82) is 0 Å². The normalized spacial score (nSPS) is 11.2. The summed E-state index contributed by atoms with van der Waals surface area (Å²) in [6, 6.07) is 14.3. The molecule has 0 aliphatic rings. The van der Waals surface area contributed by atoms with Crippen LogP contribution in [0.15, 0.2) is 54.9 Å². The number of rotatable bonds is 2. The Balaban J connectivity index is 2.09. The van der Waals surface area contributed by atoms with Gasteiger partial charge in [0.25, 0.3) is 0 Å². The first-order valence-corrected chi connectivity index (χ1v) is 7.15. The van der Waals surface area contributed by atoms with Gasteiger partial charge in [0.05, 0.1) is 12.6 Å². The SMILES string of the molecule is COc1ccc(-c2c3cnc(C)nc3n3ccccc23)cc1. The van der Waals surface area contributed by atoms with Crippen molar-refractivity contribution < 1.29 is 4.74 Å². The molecule has 108 valence electrons. The van der Waals surface area contributed by atoms with Crippen molar-refractivity contribution in [2.24, 2.45) is 0 Å². The summed E-state index contributed by atoms with van der Waals surface area (Å²) in [5.74, 6) is 1.63. The number of aromatic nitrogens is 3. The third-order valence-corrected chi connectivity index (χ3v) is 3.88. The highest BCUT2D eigenvalue weighted by Crippen LogP contribution is 2.34. The molecule has 1 aromatic carbocycles. The minimum absolute atomic E-state index is 0.775. The Bertz CT molecular complexity index is 971. The average molecular weight is 289 g/mol. The maximum absolute atomic E-state index is 5.25. The van der Waals surface area contributed by atoms with Crippen molar-refractivity contribution in [3.8, 4) is 16.9 Å². The third-order valence-electron chi connectivity index (χ3n) is 3.88. The van der Waals surface area contributed by atoms with Crippen molar-refractivity contribution in [2.45, 2.75) is 6.92 Å². The number of aryl methyl sites for hydroxylation is 1. The lowest BCUT2D eigenvalue weighted by Gasteiger charge is -2.03. The highest BCUT2D eigenvalue weighted by molar-refractivity contribution is 6.03. The van der Waals surface area contributed by atoms with Crippen molar-refractivity contribution in [2.75, 3.05) is 7.11 Å². The lowest BCUT2D eigenvalue weighted by Crippen LogP contribution is -1.89. The quantitative estimate of drug-likeness (QED) is 0.562. The summed E-state index contributed by atoms with van der Waals surface area (Å²) in [5, 5.41) is 1.06. The molecule has 0 fully saturated rings. The van der Waals surface area contributed by atoms with Gasteiger partial charge in [0.2, 0.25) is 0 Å². The number of methoxy groups -OCH3 is 1. The van der Waals surface area contributed by atoms with E-state index in [9.17, 15) is 0 Å². The van der Waals surface area contributed by atoms with Crippen molar-refractivity contribution in [1.82, 2.24) is 14.4 Å². The molecule has 0 amide bonds. The summed E-state index contributed by atoms with van der Waals surface area (Å²) in [7, 11) is 1.68. The van der Waals surface area contributed by atoms with Crippen LogP contribution in [0.25, 0.3) is 27.7 Å². The highest BCUT2D eigenvalue weighted by Gasteiger charge is 2.14. The first kappa shape index (κ1) is 12.8. The molecule has 4 rings (SSSR count). The zero-order valence-electron chi connectivity index (χ0n) is 12.4. The second-order valence-corrected chi connectivity index (χ2v) is 5.21. The molecule has 0 saturated heterocycles. The number of fused-ring (bicyclic) bond motifs is 3. The first-order chi connectivity index (χ1) is 10.8. The van der Waals surface area contributed by atoms with E-state index in [1.165, 1.54) is 0 Å². The van der Waals surface area contributed by atoms with Crippen LogP contribution in [0.5, 0.6) is 5.75 Å². The third kappa shape index (κ3) is 1.84. The Labute approximate surface area is 128 Å². The summed E-state index contributed by atoms with van der Waals surface area (Å²) in [5.41, 5.74) is 4.35. The maximum atomic E-state index is 5.25. The molecule has 0 unspecified atom stereocenters. The molecule has 0 spiro atoms. The highest BCUT2D eigenvalue weighted by atomic mass is 16.5. The van der Waals surface area contributed by atoms with Gasteiger partial charge < -0.3 is 9.14 Å². The molecule has 0 atom stereocenters. The predicted octanol–water partition coefficient (Wildman–Crippen LogP) is 3.87. The van der Waals surface area contributed by atoms with Crippen LogP contribution in [0.1, 0.15) is 5.82 Å². The Hall–Kier alpha value is -2.88. The zero-order chi connectivity index (χ0) is 15.1. The topological polar surface area (TPSA) is 39.4 Å². The van der Waals surface area contributed by atoms with E-state index in [1.54, 1.807) is 7.11 Å². The van der Waals surface area contributed by atoms with E-state index in [2.05, 4.69) is 32.6 Å². The van der Waals surface area contributed by atoms with Gasteiger partial charge in [-0.2, -0.15) is 0 Å². The lowest BCUT2D eigenvalue weighted by atomic mass is 10.0. The monoisotopic (exact) mass is 289 g/mol. The second-order valence-electron chi connectivity index (χ2n) is 5.21. The fraction of sp³-hybridized carbons (Fsp3) is 0.111. The maximum Gasteiger partial charge on any atom is 0.148 e. The van der Waals surface area contributed by atoms with Crippen molar-refractivity contribution >= 4 is 16.6 Å². The largest absolute Gasteiger partial charge is 0.497 e. The molecule has 0 aliphatic heterocycles. The standard InChI is InChI=1S/C18H15N3O/c1-12-19-11-15-17(13-6-8-14(22-2)9-7-13)16-5-3-4-10-21(16)18(15)20-12/h3-11H,1-2H3. The Morgan fingerprint density at radius 2 is 1.86 bits per heavy atom. The van der Waals surface area contributed by atoms with E-state index in [1.807, 2.05) is 43.6 Å². The first-order valence-electron chi connectivity index (χ1n) is 7.15. The van der Waals surface area contributed by atoms with Crippen LogP contribution in [-0.4, -0.2) is 21.5 Å². The van der Waals surface area contributed by atoms with Crippen LogP contribution in [0.2, 0.25) is 0 Å². The van der Waals surface area contributed by atoms with Crippen molar-refractivity contribution in [3.05, 3.63) is 60.7 Å². The molecule has 4 nitrogen and oxygen atoms in total. The second kappa shape index (κ2) is 4.84. The molecular formula is C18H15N3O. The van der Waals surface area contributed by atoms with E-state index in [0.29, 0.717) is 0 Å². The van der Waals surface area contributed by atoms with Gasteiger partial charge in [-0.15, -0.1) is 0 Å². The van der Waals surface area contributed by atoms with Gasteiger partial charge in [-0.05, 0) is 36.8 Å². The molecule has 4 heteroatoms. The predicted molar refractivity (Wildman–Crippen MR) is 87.2 cm³/mol. The molecule has 0 aliphatic carbocycles. The molecule has 3 aromatic heterocycles. The summed E-state index contributed by atoms with van der Waals surface area (Å²) in [6.07, 6.45) is 3.95. The molecule has 0 bridgehead atoms. The van der Waals surface area contributed by atoms with Gasteiger partial charge in [-0.25, -0.2) is 9.97 Å². The van der Waals surface area contributed by atoms with E-state index < -0.39 is 0 Å². The minimum atomic E-state index is 0.775. The molecule has 0 N–H and O–H groups in total. The van der Waals surface area contributed by atoms with Crippen LogP contribution in [0, 0.1) is 6.92 Å². The Kier molecular flexibility index (Phi) is 2.82. The van der Waals surface area contributed by atoms with Crippen LogP contribution in [0.4, 0.5) is 0 Å². The average Bonchev–Trinajstić information content (AvgIpc) is 2.89. The van der Waals surface area contributed by atoms with Gasteiger partial charge in [-0.3, -0.25) is 0 Å². The summed E-state index contributed by atoms with van der Waals surface area (Å²) < 4.78 is 7.36. The van der Waals surface area contributed by atoms with Gasteiger partial charge in [0.15, 0.2) is 0 Å². The summed E-state index contributed by atoms with van der Waals surface area (Å²) in [6.45, 7) is 1.91. The van der Waals surface area contributed by atoms with Crippen LogP contribution < -0.4 is 4.74 Å². The number of hydrogen-bond donors (Lipinski definition) is 0. The van der Waals surface area contributed by atoms with Gasteiger partial charge in [-0.1, -0.05) is 18.2 Å². The molecule has 0 saturated carbocycles. The molecule has 3 heterocycles. The number of pyridine rings is 1. The van der Waals surface area contributed by atoms with Gasteiger partial charge in [0, 0.05) is 23.3 Å². The van der Waals surface area contributed by atoms with Crippen LogP contribution in [0.3, 0.4) is 0 Å². The molecule has 0 radical (unpaired) electrons. The van der Waals surface area contributed by atoms with Crippen molar-refractivity contribution in [3.63, 3.8) is 0 Å².